The normalized spacial score (nSPS) is 11.8. The van der Waals surface area contributed by atoms with Crippen molar-refractivity contribution in [3.63, 3.8) is 0 Å². The summed E-state index contributed by atoms with van der Waals surface area (Å²) in [5, 5.41) is 0. The maximum Gasteiger partial charge on any atom is 0.261 e. The number of rotatable bonds is 6. The highest BCUT2D eigenvalue weighted by Crippen LogP contribution is 2.21. The summed E-state index contributed by atoms with van der Waals surface area (Å²) in [6, 6.07) is 16.5. The van der Waals surface area contributed by atoms with Crippen molar-refractivity contribution in [1.82, 2.24) is 0 Å². The number of halogens is 1. The van der Waals surface area contributed by atoms with Gasteiger partial charge < -0.3 is 0 Å². The van der Waals surface area contributed by atoms with Crippen molar-refractivity contribution in [2.75, 3.05) is 9.44 Å². The smallest absolute Gasteiger partial charge is 0.261 e. The van der Waals surface area contributed by atoms with E-state index in [1.54, 1.807) is 24.3 Å². The van der Waals surface area contributed by atoms with E-state index in [0.717, 1.165) is 29.8 Å². The van der Waals surface area contributed by atoms with Gasteiger partial charge >= 0.3 is 0 Å². The van der Waals surface area contributed by atoms with E-state index in [0.29, 0.717) is 5.69 Å². The summed E-state index contributed by atoms with van der Waals surface area (Å²) in [4.78, 5) is -0.121. The fourth-order valence-corrected chi connectivity index (χ4v) is 4.48. The van der Waals surface area contributed by atoms with Crippen LogP contribution in [0.5, 0.6) is 0 Å². The first-order chi connectivity index (χ1) is 13.2. The van der Waals surface area contributed by atoms with Gasteiger partial charge in [0, 0.05) is 11.4 Å². The van der Waals surface area contributed by atoms with E-state index in [1.807, 2.05) is 6.92 Å². The molecule has 0 aromatic heterocycles. The number of anilines is 2. The van der Waals surface area contributed by atoms with Gasteiger partial charge in [0.1, 0.15) is 5.82 Å². The molecule has 0 fully saturated rings. The van der Waals surface area contributed by atoms with Gasteiger partial charge in [0.15, 0.2) is 0 Å². The number of hydrogen-bond acceptors (Lipinski definition) is 4. The minimum absolute atomic E-state index is 0.0159. The standard InChI is InChI=1S/C19H17FN2O4S2/c1-14-2-6-16(7-3-14)21-28(25,26)19-12-8-17(9-13-19)22-27(23,24)18-10-4-15(20)5-11-18/h2-13,21-22H,1H3. The minimum atomic E-state index is -3.91. The molecular formula is C19H17FN2O4S2. The van der Waals surface area contributed by atoms with Gasteiger partial charge in [-0.05, 0) is 67.6 Å². The van der Waals surface area contributed by atoms with Crippen LogP contribution in [-0.4, -0.2) is 16.8 Å². The maximum absolute atomic E-state index is 13.0. The predicted octanol–water partition coefficient (Wildman–Crippen LogP) is 3.74. The highest BCUT2D eigenvalue weighted by Gasteiger charge is 2.17. The number of nitrogens with one attached hydrogen (secondary N) is 2. The third-order valence-corrected chi connectivity index (χ3v) is 6.64. The molecule has 0 aliphatic heterocycles. The number of benzene rings is 3. The largest absolute Gasteiger partial charge is 0.280 e. The van der Waals surface area contributed by atoms with Crippen LogP contribution in [0.15, 0.2) is 82.6 Å². The van der Waals surface area contributed by atoms with Gasteiger partial charge in [-0.25, -0.2) is 21.2 Å². The SMILES string of the molecule is Cc1ccc(NS(=O)(=O)c2ccc(NS(=O)(=O)c3ccc(F)cc3)cc2)cc1. The summed E-state index contributed by atoms with van der Waals surface area (Å²) in [7, 11) is -7.73. The van der Waals surface area contributed by atoms with E-state index < -0.39 is 25.9 Å². The summed E-state index contributed by atoms with van der Waals surface area (Å²) in [6.45, 7) is 1.89. The van der Waals surface area contributed by atoms with Crippen LogP contribution in [0.3, 0.4) is 0 Å². The Morgan fingerprint density at radius 1 is 0.607 bits per heavy atom. The van der Waals surface area contributed by atoms with Crippen molar-refractivity contribution in [3.05, 3.63) is 84.2 Å². The van der Waals surface area contributed by atoms with Gasteiger partial charge in [-0.1, -0.05) is 17.7 Å². The lowest BCUT2D eigenvalue weighted by atomic mass is 10.2. The summed E-state index contributed by atoms with van der Waals surface area (Å²) in [6.07, 6.45) is 0. The molecule has 0 bridgehead atoms. The molecule has 6 nitrogen and oxygen atoms in total. The average molecular weight is 420 g/mol. The van der Waals surface area contributed by atoms with E-state index in [-0.39, 0.29) is 15.5 Å². The molecule has 0 aliphatic carbocycles. The molecule has 0 heterocycles. The number of hydrogen-bond donors (Lipinski definition) is 2. The molecule has 0 spiro atoms. The quantitative estimate of drug-likeness (QED) is 0.635. The zero-order valence-corrected chi connectivity index (χ0v) is 16.4. The van der Waals surface area contributed by atoms with Crippen LogP contribution in [0.2, 0.25) is 0 Å². The lowest BCUT2D eigenvalue weighted by molar-refractivity contribution is 0.599. The fraction of sp³-hybridized carbons (Fsp3) is 0.0526. The van der Waals surface area contributed by atoms with Crippen LogP contribution < -0.4 is 9.44 Å². The third kappa shape index (κ3) is 4.68. The molecule has 0 amide bonds. The maximum atomic E-state index is 13.0. The van der Waals surface area contributed by atoms with E-state index in [2.05, 4.69) is 9.44 Å². The number of sulfonamides is 2. The van der Waals surface area contributed by atoms with Gasteiger partial charge in [0.25, 0.3) is 20.0 Å². The molecule has 0 saturated carbocycles. The molecule has 3 rings (SSSR count). The Morgan fingerprint density at radius 2 is 0.964 bits per heavy atom. The van der Waals surface area contributed by atoms with Crippen LogP contribution in [-0.2, 0) is 20.0 Å². The summed E-state index contributed by atoms with van der Waals surface area (Å²) in [5.41, 5.74) is 1.60. The van der Waals surface area contributed by atoms with Crippen molar-refractivity contribution in [2.45, 2.75) is 16.7 Å². The Kier molecular flexibility index (Phi) is 5.39. The Labute approximate surface area is 163 Å². The van der Waals surface area contributed by atoms with Crippen molar-refractivity contribution in [3.8, 4) is 0 Å². The van der Waals surface area contributed by atoms with E-state index in [4.69, 9.17) is 0 Å². The van der Waals surface area contributed by atoms with Crippen LogP contribution in [0.1, 0.15) is 5.56 Å². The van der Waals surface area contributed by atoms with Crippen molar-refractivity contribution in [1.29, 1.82) is 0 Å². The Hall–Kier alpha value is -2.91. The van der Waals surface area contributed by atoms with E-state index in [1.165, 1.54) is 24.3 Å². The predicted molar refractivity (Wildman–Crippen MR) is 106 cm³/mol. The number of aryl methyl sites for hydroxylation is 1. The second-order valence-electron chi connectivity index (χ2n) is 6.06. The molecule has 0 aliphatic rings. The zero-order chi connectivity index (χ0) is 20.4. The molecule has 0 radical (unpaired) electrons. The second-order valence-corrected chi connectivity index (χ2v) is 9.42. The first-order valence-corrected chi connectivity index (χ1v) is 11.1. The van der Waals surface area contributed by atoms with Crippen molar-refractivity contribution < 1.29 is 21.2 Å². The highest BCUT2D eigenvalue weighted by atomic mass is 32.2. The first-order valence-electron chi connectivity index (χ1n) is 8.14. The molecule has 9 heteroatoms. The lowest BCUT2D eigenvalue weighted by Crippen LogP contribution is -2.14. The fourth-order valence-electron chi connectivity index (χ4n) is 2.37. The Morgan fingerprint density at radius 3 is 1.39 bits per heavy atom. The van der Waals surface area contributed by atoms with Crippen molar-refractivity contribution >= 4 is 31.4 Å². The molecule has 0 unspecified atom stereocenters. The van der Waals surface area contributed by atoms with Crippen LogP contribution in [0.25, 0.3) is 0 Å². The van der Waals surface area contributed by atoms with E-state index in [9.17, 15) is 21.2 Å². The van der Waals surface area contributed by atoms with Crippen LogP contribution >= 0.6 is 0 Å². The molecule has 0 atom stereocenters. The molecule has 3 aromatic carbocycles. The summed E-state index contributed by atoms with van der Waals surface area (Å²) >= 11 is 0. The molecule has 146 valence electrons. The summed E-state index contributed by atoms with van der Waals surface area (Å²) in [5.74, 6) is -0.547. The van der Waals surface area contributed by atoms with Crippen LogP contribution in [0.4, 0.5) is 15.8 Å². The lowest BCUT2D eigenvalue weighted by Gasteiger charge is -2.11. The first kappa shape index (κ1) is 19.8. The van der Waals surface area contributed by atoms with Gasteiger partial charge in [-0.2, -0.15) is 0 Å². The topological polar surface area (TPSA) is 92.3 Å². The molecule has 0 saturated heterocycles. The molecule has 28 heavy (non-hydrogen) atoms. The van der Waals surface area contributed by atoms with E-state index >= 15 is 0 Å². The minimum Gasteiger partial charge on any atom is -0.280 e. The monoisotopic (exact) mass is 420 g/mol. The van der Waals surface area contributed by atoms with Crippen molar-refractivity contribution in [2.24, 2.45) is 0 Å². The van der Waals surface area contributed by atoms with Gasteiger partial charge in [-0.15, -0.1) is 0 Å². The Balaban J connectivity index is 1.77. The second kappa shape index (κ2) is 7.61. The van der Waals surface area contributed by atoms with Gasteiger partial charge in [-0.3, -0.25) is 9.44 Å². The van der Waals surface area contributed by atoms with Gasteiger partial charge in [0.05, 0.1) is 9.79 Å². The Bertz CT molecular complexity index is 1170. The summed E-state index contributed by atoms with van der Waals surface area (Å²) < 4.78 is 67.2. The molecule has 3 aromatic rings. The zero-order valence-electron chi connectivity index (χ0n) is 14.8. The average Bonchev–Trinajstić information content (AvgIpc) is 2.64. The third-order valence-electron chi connectivity index (χ3n) is 3.84. The van der Waals surface area contributed by atoms with Crippen LogP contribution in [0, 0.1) is 12.7 Å². The molecular weight excluding hydrogens is 403 g/mol. The highest BCUT2D eigenvalue weighted by molar-refractivity contribution is 7.93. The molecule has 2 N–H and O–H groups in total. The van der Waals surface area contributed by atoms with Gasteiger partial charge in [0.2, 0.25) is 0 Å².